The molecule has 2 aromatic carbocycles. The molecule has 42 heavy (non-hydrogen) atoms. The van der Waals surface area contributed by atoms with Crippen LogP contribution in [-0.2, 0) is 28.4 Å². The normalized spacial score (nSPS) is 24.0. The van der Waals surface area contributed by atoms with Crippen molar-refractivity contribution >= 4 is 45.9 Å². The van der Waals surface area contributed by atoms with Gasteiger partial charge in [0.2, 0.25) is 0 Å². The summed E-state index contributed by atoms with van der Waals surface area (Å²) in [4.78, 5) is 17.7. The summed E-state index contributed by atoms with van der Waals surface area (Å²) in [6, 6.07) is 18.4. The van der Waals surface area contributed by atoms with E-state index in [-0.39, 0.29) is 11.4 Å². The van der Waals surface area contributed by atoms with E-state index in [1.54, 1.807) is 6.20 Å². The van der Waals surface area contributed by atoms with Gasteiger partial charge in [0, 0.05) is 36.2 Å². The zero-order chi connectivity index (χ0) is 29.5. The van der Waals surface area contributed by atoms with E-state index >= 15 is 0 Å². The minimum absolute atomic E-state index is 0.00790. The Labute approximate surface area is 257 Å². The lowest BCUT2D eigenvalue weighted by Crippen LogP contribution is -2.53. The summed E-state index contributed by atoms with van der Waals surface area (Å²) in [6.07, 6.45) is 8.87. The van der Waals surface area contributed by atoms with Crippen LogP contribution in [0.5, 0.6) is 5.75 Å². The van der Waals surface area contributed by atoms with Crippen LogP contribution in [-0.4, -0.2) is 34.8 Å². The molecule has 2 heterocycles. The Morgan fingerprint density at radius 3 is 2.67 bits per heavy atom. The van der Waals surface area contributed by atoms with E-state index in [0.717, 1.165) is 48.2 Å². The summed E-state index contributed by atoms with van der Waals surface area (Å²) >= 11 is 12.6. The van der Waals surface area contributed by atoms with E-state index in [2.05, 4.69) is 41.5 Å². The third kappa shape index (κ3) is 5.13. The van der Waals surface area contributed by atoms with Crippen LogP contribution in [0, 0.1) is 11.8 Å². The number of carbonyl (C=O) groups excluding carboxylic acids is 1. The number of aryl methyl sites for hydroxylation is 1. The Morgan fingerprint density at radius 2 is 1.90 bits per heavy atom. The highest BCUT2D eigenvalue weighted by Crippen LogP contribution is 2.56. The lowest BCUT2D eigenvalue weighted by molar-refractivity contribution is -0.148. The van der Waals surface area contributed by atoms with Crippen LogP contribution in [0.3, 0.4) is 0 Å². The smallest absolute Gasteiger partial charge is 0.331 e. The van der Waals surface area contributed by atoms with Crippen LogP contribution in [0.2, 0.25) is 10.0 Å². The molecule has 1 N–H and O–H groups in total. The molecule has 4 aromatic rings. The number of nitrogens with zero attached hydrogens (tertiary/aromatic N) is 2. The average Bonchev–Trinajstić information content (AvgIpc) is 3.45. The van der Waals surface area contributed by atoms with E-state index in [1.807, 2.05) is 48.1 Å². The molecule has 0 radical (unpaired) electrons. The topological polar surface area (TPSA) is 65.4 Å². The number of aromatic nitrogens is 2. The van der Waals surface area contributed by atoms with Gasteiger partial charge in [0.05, 0.1) is 18.7 Å². The molecule has 6 nitrogen and oxygen atoms in total. The third-order valence-corrected chi connectivity index (χ3v) is 10.1. The first-order chi connectivity index (χ1) is 20.2. The van der Waals surface area contributed by atoms with Gasteiger partial charge in [0.25, 0.3) is 0 Å². The van der Waals surface area contributed by atoms with Crippen LogP contribution in [0.1, 0.15) is 50.2 Å². The Balaban J connectivity index is 1.22. The average molecular weight is 607 g/mol. The predicted octanol–water partition coefficient (Wildman–Crippen LogP) is 7.99. The van der Waals surface area contributed by atoms with Crippen molar-refractivity contribution in [2.75, 3.05) is 19.0 Å². The molecule has 8 heteroatoms. The monoisotopic (exact) mass is 605 g/mol. The molecule has 2 aromatic heterocycles. The van der Waals surface area contributed by atoms with Crippen molar-refractivity contribution < 1.29 is 14.3 Å². The molecule has 6 rings (SSSR count). The van der Waals surface area contributed by atoms with Gasteiger partial charge in [-0.25, -0.2) is 4.79 Å². The van der Waals surface area contributed by atoms with Crippen molar-refractivity contribution in [3.8, 4) is 5.75 Å². The molecular formula is C34H37Cl2N3O3. The number of fused-ring (bicyclic) bond motifs is 3. The Morgan fingerprint density at radius 1 is 1.12 bits per heavy atom. The molecule has 0 bridgehead atoms. The molecule has 2 aliphatic rings. The fourth-order valence-corrected chi connectivity index (χ4v) is 8.02. The summed E-state index contributed by atoms with van der Waals surface area (Å²) in [7, 11) is 3.44. The van der Waals surface area contributed by atoms with Crippen molar-refractivity contribution in [3.05, 3.63) is 88.2 Å². The number of hydrogen-bond acceptors (Lipinski definition) is 5. The molecule has 2 atom stereocenters. The molecular weight excluding hydrogens is 569 g/mol. The summed E-state index contributed by atoms with van der Waals surface area (Å²) in [5.74, 6) is 1.37. The van der Waals surface area contributed by atoms with Gasteiger partial charge in [-0.1, -0.05) is 60.5 Å². The number of rotatable bonds is 8. The number of halogens is 2. The number of carbonyl (C=O) groups is 1. The number of esters is 1. The molecule has 2 aliphatic carbocycles. The van der Waals surface area contributed by atoms with E-state index < -0.39 is 5.54 Å². The quantitative estimate of drug-likeness (QED) is 0.206. The largest absolute Gasteiger partial charge is 0.491 e. The lowest BCUT2D eigenvalue weighted by atomic mass is 9.59. The van der Waals surface area contributed by atoms with Gasteiger partial charge in [0.1, 0.15) is 22.3 Å². The fraction of sp³-hybridized carbons (Fsp3) is 0.412. The molecule has 1 unspecified atom stereocenters. The van der Waals surface area contributed by atoms with E-state index in [1.165, 1.54) is 18.2 Å². The van der Waals surface area contributed by atoms with Crippen molar-refractivity contribution in [1.82, 2.24) is 9.55 Å². The second-order valence-corrected chi connectivity index (χ2v) is 13.0. The number of hydrogen-bond donors (Lipinski definition) is 1. The van der Waals surface area contributed by atoms with Gasteiger partial charge in [-0.3, -0.25) is 4.98 Å². The van der Waals surface area contributed by atoms with E-state index in [9.17, 15) is 4.79 Å². The summed E-state index contributed by atoms with van der Waals surface area (Å²) in [6.45, 7) is 2.88. The predicted molar refractivity (Wildman–Crippen MR) is 169 cm³/mol. The molecule has 1 spiro atoms. The summed E-state index contributed by atoms with van der Waals surface area (Å²) < 4.78 is 13.7. The molecule has 0 saturated heterocycles. The highest BCUT2D eigenvalue weighted by Gasteiger charge is 2.54. The van der Waals surface area contributed by atoms with Crippen molar-refractivity contribution in [1.29, 1.82) is 0 Å². The van der Waals surface area contributed by atoms with Gasteiger partial charge < -0.3 is 19.4 Å². The minimum Gasteiger partial charge on any atom is -0.491 e. The maximum Gasteiger partial charge on any atom is 0.331 e. The van der Waals surface area contributed by atoms with Crippen LogP contribution >= 0.6 is 23.2 Å². The van der Waals surface area contributed by atoms with Crippen LogP contribution < -0.4 is 10.1 Å². The fourth-order valence-electron chi connectivity index (χ4n) is 7.54. The SMILES string of the molecule is COC(=O)C1(Nc2cccc(Cl)c2)CCC2(CC1)c1ccccc1CC2C[C@@H](C)COc1ccnc2c(Cl)cn(C)c12. The second-order valence-electron chi connectivity index (χ2n) is 12.2. The Hall–Kier alpha value is -3.22. The van der Waals surface area contributed by atoms with E-state index in [4.69, 9.17) is 32.7 Å². The maximum absolute atomic E-state index is 13.3. The highest BCUT2D eigenvalue weighted by atomic mass is 35.5. The molecule has 220 valence electrons. The number of benzene rings is 2. The Bertz CT molecular complexity index is 1610. The van der Waals surface area contributed by atoms with Gasteiger partial charge in [-0.15, -0.1) is 0 Å². The highest BCUT2D eigenvalue weighted by molar-refractivity contribution is 6.35. The van der Waals surface area contributed by atoms with Gasteiger partial charge in [-0.05, 0) is 85.1 Å². The van der Waals surface area contributed by atoms with Crippen LogP contribution in [0.15, 0.2) is 67.0 Å². The number of anilines is 1. The minimum atomic E-state index is -0.787. The number of ether oxygens (including phenoxy) is 2. The zero-order valence-electron chi connectivity index (χ0n) is 24.3. The Kier molecular flexibility index (Phi) is 7.88. The summed E-state index contributed by atoms with van der Waals surface area (Å²) in [5.41, 5.74) is 4.60. The van der Waals surface area contributed by atoms with Crippen molar-refractivity contribution in [3.63, 3.8) is 0 Å². The van der Waals surface area contributed by atoms with Gasteiger partial charge in [-0.2, -0.15) is 0 Å². The van der Waals surface area contributed by atoms with Crippen molar-refractivity contribution in [2.45, 2.75) is 56.4 Å². The number of methoxy groups -OCH3 is 1. The maximum atomic E-state index is 13.3. The molecule has 0 amide bonds. The third-order valence-electron chi connectivity index (χ3n) is 9.57. The van der Waals surface area contributed by atoms with Crippen LogP contribution in [0.4, 0.5) is 5.69 Å². The molecule has 1 fully saturated rings. The summed E-state index contributed by atoms with van der Waals surface area (Å²) in [5, 5.41) is 4.80. The first-order valence-corrected chi connectivity index (χ1v) is 15.4. The zero-order valence-corrected chi connectivity index (χ0v) is 25.8. The molecule has 1 saturated carbocycles. The molecule has 0 aliphatic heterocycles. The van der Waals surface area contributed by atoms with Gasteiger partial charge >= 0.3 is 5.97 Å². The standard InChI is InChI=1S/C34H37Cl2N3O3/c1-22(21-42-29-11-16-37-30-28(36)20-39(2)31(29)30)17-24-18-23-7-4-5-10-27(23)33(24)12-14-34(15-13-33,32(40)41-3)38-26-9-6-8-25(35)19-26/h4-11,16,19-20,22,24,38H,12-15,17-18,21H2,1-3H3/t22-,24?,33?,34?/m1/s1. The van der Waals surface area contributed by atoms with Gasteiger partial charge in [0.15, 0.2) is 0 Å². The lowest BCUT2D eigenvalue weighted by Gasteiger charge is -2.47. The first-order valence-electron chi connectivity index (χ1n) is 14.7. The van der Waals surface area contributed by atoms with Crippen molar-refractivity contribution in [2.24, 2.45) is 18.9 Å². The number of pyridine rings is 1. The van der Waals surface area contributed by atoms with E-state index in [0.29, 0.717) is 41.3 Å². The number of nitrogens with one attached hydrogen (secondary N) is 1. The first kappa shape index (κ1) is 28.9. The van der Waals surface area contributed by atoms with Crippen LogP contribution in [0.25, 0.3) is 11.0 Å². The second kappa shape index (κ2) is 11.5.